The lowest BCUT2D eigenvalue weighted by Gasteiger charge is -2.21. The number of pyridine rings is 2. The summed E-state index contributed by atoms with van der Waals surface area (Å²) in [6.07, 6.45) is 5.92. The highest BCUT2D eigenvalue weighted by Gasteiger charge is 2.44. The number of amidine groups is 2. The molecular formula is C43H49N9O11S. The Morgan fingerprint density at radius 1 is 0.828 bits per heavy atom. The van der Waals surface area contributed by atoms with Gasteiger partial charge in [0.1, 0.15) is 34.6 Å². The van der Waals surface area contributed by atoms with Crippen LogP contribution in [0.25, 0.3) is 0 Å². The number of rotatable bonds is 10. The molecule has 4 aromatic rings. The molecule has 3 aliphatic rings. The van der Waals surface area contributed by atoms with Crippen LogP contribution in [0.1, 0.15) is 113 Å². The molecule has 0 aliphatic carbocycles. The van der Waals surface area contributed by atoms with Crippen molar-refractivity contribution in [1.29, 1.82) is 0 Å². The molecule has 2 amide bonds. The van der Waals surface area contributed by atoms with Gasteiger partial charge in [-0.15, -0.1) is 0 Å². The molecule has 7 rings (SSSR count). The zero-order valence-electron chi connectivity index (χ0n) is 36.8. The second kappa shape index (κ2) is 18.3. The number of carbonyl (C=O) groups is 5. The van der Waals surface area contributed by atoms with Gasteiger partial charge in [0, 0.05) is 49.4 Å². The van der Waals surface area contributed by atoms with Crippen LogP contribution < -0.4 is 16.2 Å². The van der Waals surface area contributed by atoms with Crippen LogP contribution in [-0.4, -0.2) is 109 Å². The molecule has 3 aromatic heterocycles. The summed E-state index contributed by atoms with van der Waals surface area (Å²) in [5, 5.41) is 30.2. The topological polar surface area (TPSA) is 294 Å². The van der Waals surface area contributed by atoms with Crippen LogP contribution >= 0.6 is 0 Å². The first-order valence-electron chi connectivity index (χ1n) is 19.9. The van der Waals surface area contributed by atoms with Crippen molar-refractivity contribution in [3.05, 3.63) is 110 Å². The van der Waals surface area contributed by atoms with E-state index >= 15 is 0 Å². The van der Waals surface area contributed by atoms with E-state index in [1.807, 2.05) is 27.7 Å². The Hall–Kier alpha value is -7.16. The minimum absolute atomic E-state index is 0.00118. The number of carboxylic acid groups (broad SMARTS) is 2. The zero-order chi connectivity index (χ0) is 47.6. The van der Waals surface area contributed by atoms with Gasteiger partial charge in [-0.1, -0.05) is 32.9 Å². The highest BCUT2D eigenvalue weighted by molar-refractivity contribution is 7.90. The Kier molecular flexibility index (Phi) is 13.7. The van der Waals surface area contributed by atoms with E-state index in [2.05, 4.69) is 40.8 Å². The summed E-state index contributed by atoms with van der Waals surface area (Å²) < 4.78 is 25.5. The summed E-state index contributed by atoms with van der Waals surface area (Å²) in [4.78, 5) is 93.3. The second-order valence-corrected chi connectivity index (χ2v) is 18.2. The fourth-order valence-electron chi connectivity index (χ4n) is 6.64. The number of nitrogens with zero attached hydrogens (tertiary/aromatic N) is 6. The maximum Gasteiger partial charge on any atom is 0.338 e. The normalized spacial score (nSPS) is 19.0. The first-order valence-corrected chi connectivity index (χ1v) is 21.8. The summed E-state index contributed by atoms with van der Waals surface area (Å²) in [5.41, 5.74) is 0.526. The van der Waals surface area contributed by atoms with E-state index in [9.17, 15) is 42.3 Å². The second-order valence-electron chi connectivity index (χ2n) is 16.2. The third-order valence-corrected chi connectivity index (χ3v) is 12.3. The molecule has 1 aromatic carbocycles. The number of H-pyrrole nitrogens is 1. The van der Waals surface area contributed by atoms with Crippen LogP contribution in [0.15, 0.2) is 73.8 Å². The van der Waals surface area contributed by atoms with Crippen LogP contribution in [-0.2, 0) is 31.3 Å². The third-order valence-electron chi connectivity index (χ3n) is 11.2. The van der Waals surface area contributed by atoms with Gasteiger partial charge >= 0.3 is 11.9 Å². The summed E-state index contributed by atoms with van der Waals surface area (Å²) in [6, 6.07) is 7.30. The molecule has 338 valence electrons. The smallest absolute Gasteiger partial charge is 0.338 e. The van der Waals surface area contributed by atoms with Crippen molar-refractivity contribution < 1.29 is 47.4 Å². The predicted octanol–water partition coefficient (Wildman–Crippen LogP) is 3.23. The molecular weight excluding hydrogens is 851 g/mol. The number of aryl methyl sites for hydroxylation is 2. The Morgan fingerprint density at radius 3 is 1.84 bits per heavy atom. The van der Waals surface area contributed by atoms with Crippen LogP contribution in [0.2, 0.25) is 0 Å². The van der Waals surface area contributed by atoms with E-state index in [4.69, 9.17) is 9.94 Å². The molecule has 0 spiro atoms. The Labute approximate surface area is 367 Å². The maximum atomic E-state index is 12.8. The Bertz CT molecular complexity index is 2860. The lowest BCUT2D eigenvalue weighted by molar-refractivity contribution is -0.125. The van der Waals surface area contributed by atoms with Gasteiger partial charge in [-0.25, -0.2) is 28.0 Å². The summed E-state index contributed by atoms with van der Waals surface area (Å²) in [7, 11) is -2.02. The van der Waals surface area contributed by atoms with Gasteiger partial charge in [-0.2, -0.15) is 0 Å². The monoisotopic (exact) mass is 899 g/mol. The standard InChI is InChI=1S/C16H17N3O5S.C14H17N3O3.C13H15N3O3/c1-9-10(15(20)11-8-17-19(2)16(11)21)4-5-13(25(3,22)23)14(9)12-6-7-24-18-12;1-7(2)14(4)13(20)16-11(17-14)10-9(12(18)19)5-8(3)6-15-10;1-7(2)13(3)12(19)15-10(16-13)9-8(11(17)18)5-4-6-14-9/h4-5,8,17H,6-7H2,1-3H3;5-7H,1-4H3,(H,18,19)(H,16,17,20);4-7H,1-3H3,(H,17,18)(H,15,16,19). The molecule has 0 saturated heterocycles. The Balaban J connectivity index is 0.000000183. The number of sulfone groups is 1. The molecule has 2 unspecified atom stereocenters. The van der Waals surface area contributed by atoms with Crippen molar-refractivity contribution in [3.8, 4) is 0 Å². The average molecular weight is 900 g/mol. The summed E-state index contributed by atoms with van der Waals surface area (Å²) in [6.45, 7) is 14.8. The number of aromatic amines is 1. The van der Waals surface area contributed by atoms with Gasteiger partial charge < -0.3 is 30.8 Å². The van der Waals surface area contributed by atoms with Crippen LogP contribution in [0.5, 0.6) is 0 Å². The summed E-state index contributed by atoms with van der Waals surface area (Å²) in [5.74, 6) is -2.69. The number of carbonyl (C=O) groups excluding carboxylic acids is 3. The average Bonchev–Trinajstić information content (AvgIpc) is 4.02. The fourth-order valence-corrected chi connectivity index (χ4v) is 7.59. The number of carboxylic acids is 2. The first kappa shape index (κ1) is 47.9. The Morgan fingerprint density at radius 2 is 1.39 bits per heavy atom. The van der Waals surface area contributed by atoms with Gasteiger partial charge in [0.15, 0.2) is 27.3 Å². The van der Waals surface area contributed by atoms with E-state index in [1.165, 1.54) is 54.5 Å². The SMILES string of the molecule is CC(C)C1(C)N=C(c2ncccc2C(=O)O)NC1=O.Cc1c(C(=O)c2c[nH]n(C)c2=O)ccc(S(C)(=O)=O)c1C1=NOCC1.Cc1cnc(C2=NC(C)(C(C)C)C(=O)N2)c(C(=O)O)c1. The van der Waals surface area contributed by atoms with Gasteiger partial charge in [-0.3, -0.25) is 33.8 Å². The number of aromatic nitrogens is 4. The number of nitrogens with one attached hydrogen (secondary N) is 3. The molecule has 0 saturated carbocycles. The quantitative estimate of drug-likeness (QED) is 0.143. The largest absolute Gasteiger partial charge is 0.478 e. The number of hydrogen-bond donors (Lipinski definition) is 5. The van der Waals surface area contributed by atoms with Gasteiger partial charge in [0.25, 0.3) is 17.4 Å². The molecule has 2 atom stereocenters. The molecule has 0 fully saturated rings. The summed E-state index contributed by atoms with van der Waals surface area (Å²) >= 11 is 0. The van der Waals surface area contributed by atoms with E-state index in [0.29, 0.717) is 29.9 Å². The third kappa shape index (κ3) is 9.43. The molecule has 5 N–H and O–H groups in total. The highest BCUT2D eigenvalue weighted by Crippen LogP contribution is 2.30. The maximum absolute atomic E-state index is 12.8. The number of hydrogen-bond acceptors (Lipinski definition) is 14. The molecule has 64 heavy (non-hydrogen) atoms. The van der Waals surface area contributed by atoms with Crippen molar-refractivity contribution in [3.63, 3.8) is 0 Å². The van der Waals surface area contributed by atoms with E-state index < -0.39 is 44.2 Å². The van der Waals surface area contributed by atoms with Gasteiger partial charge in [0.2, 0.25) is 0 Å². The highest BCUT2D eigenvalue weighted by atomic mass is 32.2. The van der Waals surface area contributed by atoms with E-state index in [-0.39, 0.29) is 73.9 Å². The number of benzene rings is 1. The number of ketones is 1. The van der Waals surface area contributed by atoms with E-state index in [0.717, 1.165) is 11.8 Å². The molecule has 0 bridgehead atoms. The van der Waals surface area contributed by atoms with Crippen molar-refractivity contribution in [2.75, 3.05) is 12.9 Å². The van der Waals surface area contributed by atoms with Crippen molar-refractivity contribution in [2.24, 2.45) is 34.0 Å². The van der Waals surface area contributed by atoms with Crippen LogP contribution in [0.3, 0.4) is 0 Å². The molecule has 20 nitrogen and oxygen atoms in total. The molecule has 3 aliphatic heterocycles. The van der Waals surface area contributed by atoms with Crippen molar-refractivity contribution >= 4 is 56.8 Å². The lowest BCUT2D eigenvalue weighted by Crippen LogP contribution is -2.41. The number of aliphatic imine (C=N–C) groups is 2. The van der Waals surface area contributed by atoms with Gasteiger partial charge in [-0.05, 0) is 81.0 Å². The van der Waals surface area contributed by atoms with Crippen LogP contribution in [0, 0.1) is 25.7 Å². The molecule has 21 heteroatoms. The zero-order valence-corrected chi connectivity index (χ0v) is 37.7. The van der Waals surface area contributed by atoms with Crippen molar-refractivity contribution in [2.45, 2.75) is 77.8 Å². The minimum Gasteiger partial charge on any atom is -0.478 e. The number of amides is 2. The van der Waals surface area contributed by atoms with Crippen molar-refractivity contribution in [1.82, 2.24) is 30.4 Å². The van der Waals surface area contributed by atoms with E-state index in [1.54, 1.807) is 33.9 Å². The first-order chi connectivity index (χ1) is 29.8. The van der Waals surface area contributed by atoms with Crippen LogP contribution in [0.4, 0.5) is 0 Å². The number of aromatic carboxylic acids is 2. The van der Waals surface area contributed by atoms with Gasteiger partial charge in [0.05, 0.1) is 21.7 Å². The molecule has 6 heterocycles. The lowest BCUT2D eigenvalue weighted by atomic mass is 9.89. The minimum atomic E-state index is -3.52. The predicted molar refractivity (Wildman–Crippen MR) is 234 cm³/mol. The fraction of sp³-hybridized carbons (Fsp3) is 0.372. The number of oxime groups is 1. The molecule has 0 radical (unpaired) electrons.